The van der Waals surface area contributed by atoms with Crippen LogP contribution in [0.15, 0.2) is 24.3 Å². The van der Waals surface area contributed by atoms with E-state index in [2.05, 4.69) is 21.3 Å². The average molecular weight is 791 g/mol. The number of aliphatic hydroxyl groups is 6. The predicted molar refractivity (Wildman–Crippen MR) is 181 cm³/mol. The van der Waals surface area contributed by atoms with Crippen LogP contribution < -0.4 is 26.0 Å². The first kappa shape index (κ1) is 45.2. The Labute approximate surface area is 315 Å². The lowest BCUT2D eigenvalue weighted by Crippen LogP contribution is -2.69. The molecule has 0 bridgehead atoms. The first-order valence-electron chi connectivity index (χ1n) is 17.1. The molecule has 22 heteroatoms. The molecule has 11 N–H and O–H groups in total. The molecule has 0 unspecified atom stereocenters. The Morgan fingerprint density at radius 1 is 0.782 bits per heavy atom. The normalized spacial score (nSPS) is 30.1. The second kappa shape index (κ2) is 20.6. The van der Waals surface area contributed by atoms with Gasteiger partial charge in [-0.05, 0) is 38.5 Å². The summed E-state index contributed by atoms with van der Waals surface area (Å²) in [6.07, 6.45) is -18.0. The molecule has 0 aromatic heterocycles. The quantitative estimate of drug-likeness (QED) is 0.0709. The van der Waals surface area contributed by atoms with Gasteiger partial charge < -0.3 is 85.4 Å². The van der Waals surface area contributed by atoms with Gasteiger partial charge in [0.1, 0.15) is 79.3 Å². The molecule has 2 aliphatic rings. The fraction of sp³-hybridized carbons (Fsp3) is 0.667. The van der Waals surface area contributed by atoms with Crippen LogP contribution in [-0.2, 0) is 49.5 Å². The van der Waals surface area contributed by atoms with E-state index >= 15 is 0 Å². The molecule has 14 atom stereocenters. The second-order valence-corrected chi connectivity index (χ2v) is 12.9. The number of carbonyl (C=O) groups excluding carboxylic acids is 4. The van der Waals surface area contributed by atoms with Crippen LogP contribution in [0.1, 0.15) is 33.3 Å². The molecule has 3 rings (SSSR count). The van der Waals surface area contributed by atoms with E-state index in [1.807, 2.05) is 0 Å². The number of hydrogen-bond donors (Lipinski definition) is 11. The molecule has 2 fully saturated rings. The van der Waals surface area contributed by atoms with Gasteiger partial charge in [-0.2, -0.15) is 0 Å². The van der Waals surface area contributed by atoms with Crippen molar-refractivity contribution < 1.29 is 88.1 Å². The smallest absolute Gasteiger partial charge is 0.408 e. The molecule has 0 aliphatic carbocycles. The fourth-order valence-corrected chi connectivity index (χ4v) is 5.55. The van der Waals surface area contributed by atoms with Gasteiger partial charge in [-0.1, -0.05) is 12.1 Å². The Kier molecular flexibility index (Phi) is 16.9. The van der Waals surface area contributed by atoms with Gasteiger partial charge in [-0.25, -0.2) is 4.79 Å². The van der Waals surface area contributed by atoms with Crippen LogP contribution in [0.5, 0.6) is 5.75 Å². The zero-order valence-corrected chi connectivity index (χ0v) is 30.6. The van der Waals surface area contributed by atoms with Crippen LogP contribution in [0.2, 0.25) is 0 Å². The van der Waals surface area contributed by atoms with Gasteiger partial charge in [-0.15, -0.1) is 0 Å². The zero-order chi connectivity index (χ0) is 41.1. The SMILES string of the molecule is COc1ccc(COC(=O)N[C@@H](C)C(=O)N[C@H](C(=O)N[C@@H](C)C(=O)O)[C@@H](C)O[C@H]2O[C@H](CO)[C@H](O)[C@H](O[C@@H]3O[C@H](CO)[C@H](O)[C@H](O)[C@H]3O)[C@H]2NC(C)=O)cc1. The van der Waals surface area contributed by atoms with Crippen molar-refractivity contribution in [3.05, 3.63) is 29.8 Å². The minimum Gasteiger partial charge on any atom is -0.497 e. The highest BCUT2D eigenvalue weighted by molar-refractivity contribution is 5.93. The number of ether oxygens (including phenoxy) is 6. The van der Waals surface area contributed by atoms with Crippen LogP contribution in [-0.4, -0.2) is 171 Å². The van der Waals surface area contributed by atoms with Crippen molar-refractivity contribution >= 4 is 29.8 Å². The van der Waals surface area contributed by atoms with E-state index in [0.717, 1.165) is 13.8 Å². The molecule has 0 spiro atoms. The van der Waals surface area contributed by atoms with Gasteiger partial charge in [0, 0.05) is 6.92 Å². The van der Waals surface area contributed by atoms with Gasteiger partial charge in [0.15, 0.2) is 12.6 Å². The van der Waals surface area contributed by atoms with Crippen molar-refractivity contribution in [1.82, 2.24) is 21.3 Å². The van der Waals surface area contributed by atoms with Crippen molar-refractivity contribution in [2.75, 3.05) is 20.3 Å². The molecule has 0 saturated carbocycles. The number of benzene rings is 1. The summed E-state index contributed by atoms with van der Waals surface area (Å²) in [6.45, 7) is 2.93. The number of aliphatic hydroxyl groups excluding tert-OH is 6. The molecule has 22 nitrogen and oxygen atoms in total. The Balaban J connectivity index is 1.83. The number of methoxy groups -OCH3 is 1. The summed E-state index contributed by atoms with van der Waals surface area (Å²) in [6, 6.07) is 0.584. The van der Waals surface area contributed by atoms with Crippen molar-refractivity contribution in [2.24, 2.45) is 0 Å². The lowest BCUT2D eigenvalue weighted by atomic mass is 9.95. The van der Waals surface area contributed by atoms with Crippen molar-refractivity contribution in [3.8, 4) is 5.75 Å². The summed E-state index contributed by atoms with van der Waals surface area (Å²) in [4.78, 5) is 63.1. The number of rotatable bonds is 17. The van der Waals surface area contributed by atoms with Crippen molar-refractivity contribution in [1.29, 1.82) is 0 Å². The molecular formula is C33H50N4O18. The van der Waals surface area contributed by atoms with Gasteiger partial charge in [-0.3, -0.25) is 19.2 Å². The number of amides is 4. The standard InChI is InChI=1S/C33H50N4O18/c1-13(35-33(49)51-12-17-6-8-18(50-5)9-7-17)28(45)37-21(29(46)34-14(2)30(47)48)15(3)52-31-22(36-16(4)40)27(24(42)20(11-39)53-31)55-32-26(44)25(43)23(41)19(10-38)54-32/h6-9,13-15,19-27,31-32,38-39,41-44H,10-12H2,1-5H3,(H,34,46)(H,35,49)(H,36,40)(H,37,45)(H,47,48)/t13-,14-,15+,19+,20+,21-,22+,23-,24-,25-,26+,27+,31-,32-/m0/s1. The number of hydrogen-bond acceptors (Lipinski definition) is 17. The number of carboxylic acids is 1. The molecule has 2 aliphatic heterocycles. The summed E-state index contributed by atoms with van der Waals surface area (Å²) in [7, 11) is 1.49. The van der Waals surface area contributed by atoms with E-state index in [-0.39, 0.29) is 6.61 Å². The van der Waals surface area contributed by atoms with Crippen LogP contribution >= 0.6 is 0 Å². The lowest BCUT2D eigenvalue weighted by Gasteiger charge is -2.48. The molecule has 1 aromatic carbocycles. The third kappa shape index (κ3) is 12.1. The van der Waals surface area contributed by atoms with Gasteiger partial charge in [0.25, 0.3) is 0 Å². The highest BCUT2D eigenvalue weighted by Gasteiger charge is 2.52. The maximum atomic E-state index is 13.4. The Bertz CT molecular complexity index is 1450. The minimum absolute atomic E-state index is 0.158. The van der Waals surface area contributed by atoms with Crippen molar-refractivity contribution in [3.63, 3.8) is 0 Å². The van der Waals surface area contributed by atoms with E-state index in [4.69, 9.17) is 28.4 Å². The molecule has 0 radical (unpaired) electrons. The summed E-state index contributed by atoms with van der Waals surface area (Å²) in [5.41, 5.74) is 0.614. The monoisotopic (exact) mass is 790 g/mol. The highest BCUT2D eigenvalue weighted by atomic mass is 16.7. The first-order valence-corrected chi connectivity index (χ1v) is 17.1. The van der Waals surface area contributed by atoms with Crippen molar-refractivity contribution in [2.45, 2.75) is 120 Å². The van der Waals surface area contributed by atoms with Gasteiger partial charge >= 0.3 is 12.1 Å². The number of carbonyl (C=O) groups is 5. The van der Waals surface area contributed by atoms with Crippen LogP contribution in [0, 0.1) is 0 Å². The molecular weight excluding hydrogens is 740 g/mol. The Morgan fingerprint density at radius 2 is 1.38 bits per heavy atom. The molecule has 1 aromatic rings. The highest BCUT2D eigenvalue weighted by Crippen LogP contribution is 2.30. The van der Waals surface area contributed by atoms with E-state index < -0.39 is 129 Å². The molecule has 55 heavy (non-hydrogen) atoms. The summed E-state index contributed by atoms with van der Waals surface area (Å²) >= 11 is 0. The molecule has 2 heterocycles. The molecule has 4 amide bonds. The number of aliphatic carboxylic acids is 1. The number of alkyl carbamates (subject to hydrolysis) is 1. The van der Waals surface area contributed by atoms with E-state index in [9.17, 15) is 59.7 Å². The maximum Gasteiger partial charge on any atom is 0.408 e. The topological polar surface area (TPSA) is 330 Å². The van der Waals surface area contributed by atoms with E-state index in [0.29, 0.717) is 11.3 Å². The Hall–Kier alpha value is -4.23. The van der Waals surface area contributed by atoms with Crippen LogP contribution in [0.3, 0.4) is 0 Å². The van der Waals surface area contributed by atoms with Gasteiger partial charge in [0.05, 0.1) is 26.4 Å². The number of nitrogens with one attached hydrogen (secondary N) is 4. The minimum atomic E-state index is -1.94. The molecule has 310 valence electrons. The first-order chi connectivity index (χ1) is 25.9. The van der Waals surface area contributed by atoms with Crippen LogP contribution in [0.25, 0.3) is 0 Å². The fourth-order valence-electron chi connectivity index (χ4n) is 5.55. The van der Waals surface area contributed by atoms with E-state index in [1.165, 1.54) is 21.0 Å². The summed E-state index contributed by atoms with van der Waals surface area (Å²) < 4.78 is 33.1. The van der Waals surface area contributed by atoms with Crippen LogP contribution in [0.4, 0.5) is 4.79 Å². The zero-order valence-electron chi connectivity index (χ0n) is 30.6. The van der Waals surface area contributed by atoms with Gasteiger partial charge in [0.2, 0.25) is 17.7 Å². The summed E-state index contributed by atoms with van der Waals surface area (Å²) in [5, 5.41) is 80.5. The summed E-state index contributed by atoms with van der Waals surface area (Å²) in [5.74, 6) is -3.58. The second-order valence-electron chi connectivity index (χ2n) is 12.9. The third-order valence-corrected chi connectivity index (χ3v) is 8.75. The average Bonchev–Trinajstić information content (AvgIpc) is 3.14. The predicted octanol–water partition coefficient (Wildman–Crippen LogP) is -4.44. The largest absolute Gasteiger partial charge is 0.497 e. The Morgan fingerprint density at radius 3 is 1.95 bits per heavy atom. The third-order valence-electron chi connectivity index (χ3n) is 8.75. The number of carboxylic acid groups (broad SMARTS) is 1. The lowest BCUT2D eigenvalue weighted by molar-refractivity contribution is -0.347. The maximum absolute atomic E-state index is 13.4. The van der Waals surface area contributed by atoms with E-state index in [1.54, 1.807) is 24.3 Å². The molecule has 2 saturated heterocycles.